The molecule has 0 aliphatic rings. The number of nitrogens with zero attached hydrogens (tertiary/aromatic N) is 1. The summed E-state index contributed by atoms with van der Waals surface area (Å²) in [5.41, 5.74) is -2.61. The number of amides is 1. The Morgan fingerprint density at radius 1 is 0.857 bits per heavy atom. The third-order valence-corrected chi connectivity index (χ3v) is 3.33. The first-order chi connectivity index (χ1) is 12.9. The smallest absolute Gasteiger partial charge is 0.326 e. The van der Waals surface area contributed by atoms with E-state index in [0.717, 1.165) is 0 Å². The quantitative estimate of drug-likeness (QED) is 0.565. The average Bonchev–Trinajstić information content (AvgIpc) is 2.48. The summed E-state index contributed by atoms with van der Waals surface area (Å²) in [7, 11) is 0. The number of esters is 1. The van der Waals surface area contributed by atoms with Crippen molar-refractivity contribution >= 4 is 17.6 Å². The Morgan fingerprint density at radius 2 is 1.32 bits per heavy atom. The minimum absolute atomic E-state index is 0.272. The number of benzene rings is 2. The highest BCUT2D eigenvalue weighted by Crippen LogP contribution is 2.24. The number of hydrogen-bond acceptors (Lipinski definition) is 3. The van der Waals surface area contributed by atoms with Gasteiger partial charge in [0.15, 0.2) is 0 Å². The van der Waals surface area contributed by atoms with Crippen LogP contribution in [0, 0.1) is 29.1 Å². The van der Waals surface area contributed by atoms with Gasteiger partial charge >= 0.3 is 5.97 Å². The van der Waals surface area contributed by atoms with Crippen LogP contribution in [-0.2, 0) is 9.53 Å². The zero-order chi connectivity index (χ0) is 21.2. The van der Waals surface area contributed by atoms with Gasteiger partial charge in [-0.2, -0.15) is 0 Å². The van der Waals surface area contributed by atoms with Crippen LogP contribution in [0.25, 0.3) is 0 Å². The molecule has 0 unspecified atom stereocenters. The lowest BCUT2D eigenvalue weighted by molar-refractivity contribution is -0.152. The molecule has 0 atom stereocenters. The summed E-state index contributed by atoms with van der Waals surface area (Å²) in [6, 6.07) is 2.45. The van der Waals surface area contributed by atoms with E-state index in [4.69, 9.17) is 4.74 Å². The normalized spacial score (nSPS) is 11.3. The largest absolute Gasteiger partial charge is 0.459 e. The summed E-state index contributed by atoms with van der Waals surface area (Å²) in [5, 5.41) is 0. The average molecular weight is 401 g/mol. The molecule has 150 valence electrons. The van der Waals surface area contributed by atoms with Crippen molar-refractivity contribution in [1.29, 1.82) is 0 Å². The molecule has 0 radical (unpaired) electrons. The van der Waals surface area contributed by atoms with E-state index in [9.17, 15) is 31.5 Å². The lowest BCUT2D eigenvalue weighted by Crippen LogP contribution is -2.39. The lowest BCUT2D eigenvalue weighted by atomic mass is 10.1. The first-order valence-electron chi connectivity index (χ1n) is 8.02. The minimum Gasteiger partial charge on any atom is -0.459 e. The molecule has 0 bridgehead atoms. The predicted octanol–water partition coefficient (Wildman–Crippen LogP) is 4.37. The molecule has 9 heteroatoms. The van der Waals surface area contributed by atoms with Crippen molar-refractivity contribution in [3.63, 3.8) is 0 Å². The Bertz CT molecular complexity index is 881. The number of anilines is 1. The van der Waals surface area contributed by atoms with Crippen LogP contribution in [0.2, 0.25) is 0 Å². The summed E-state index contributed by atoms with van der Waals surface area (Å²) in [6.45, 7) is 3.73. The second kappa shape index (κ2) is 7.95. The van der Waals surface area contributed by atoms with E-state index in [-0.39, 0.29) is 12.1 Å². The SMILES string of the molecule is CC(C)(C)OC(=O)CN(C(=O)c1c(F)cc(F)cc1F)c1cc(F)cc(F)c1. The molecule has 0 fully saturated rings. The van der Waals surface area contributed by atoms with Crippen molar-refractivity contribution in [3.05, 3.63) is 65.0 Å². The zero-order valence-corrected chi connectivity index (χ0v) is 15.2. The van der Waals surface area contributed by atoms with E-state index >= 15 is 0 Å². The van der Waals surface area contributed by atoms with Crippen molar-refractivity contribution in [2.45, 2.75) is 26.4 Å². The van der Waals surface area contributed by atoms with Crippen molar-refractivity contribution in [3.8, 4) is 0 Å². The number of ether oxygens (including phenoxy) is 1. The van der Waals surface area contributed by atoms with Gasteiger partial charge in [0, 0.05) is 18.2 Å². The van der Waals surface area contributed by atoms with Gasteiger partial charge in [-0.1, -0.05) is 0 Å². The molecule has 2 aromatic carbocycles. The van der Waals surface area contributed by atoms with Crippen LogP contribution in [0.3, 0.4) is 0 Å². The summed E-state index contributed by atoms with van der Waals surface area (Å²) >= 11 is 0. The molecule has 0 aliphatic carbocycles. The van der Waals surface area contributed by atoms with E-state index in [2.05, 4.69) is 0 Å². The van der Waals surface area contributed by atoms with Crippen LogP contribution in [0.15, 0.2) is 30.3 Å². The van der Waals surface area contributed by atoms with Crippen LogP contribution in [0.1, 0.15) is 31.1 Å². The van der Waals surface area contributed by atoms with Gasteiger partial charge in [0.1, 0.15) is 46.8 Å². The van der Waals surface area contributed by atoms with Gasteiger partial charge in [0.05, 0.1) is 5.69 Å². The van der Waals surface area contributed by atoms with E-state index in [1.807, 2.05) is 0 Å². The van der Waals surface area contributed by atoms with Gasteiger partial charge < -0.3 is 4.74 Å². The molecule has 4 nitrogen and oxygen atoms in total. The van der Waals surface area contributed by atoms with Crippen molar-refractivity contribution in [1.82, 2.24) is 0 Å². The Balaban J connectivity index is 2.52. The van der Waals surface area contributed by atoms with Crippen LogP contribution < -0.4 is 4.90 Å². The van der Waals surface area contributed by atoms with E-state index in [1.54, 1.807) is 0 Å². The first kappa shape index (κ1) is 21.3. The van der Waals surface area contributed by atoms with Crippen molar-refractivity contribution in [2.75, 3.05) is 11.4 Å². The number of hydrogen-bond donors (Lipinski definition) is 0. The highest BCUT2D eigenvalue weighted by atomic mass is 19.2. The third kappa shape index (κ3) is 5.28. The maximum Gasteiger partial charge on any atom is 0.326 e. The van der Waals surface area contributed by atoms with Crippen molar-refractivity contribution < 1.29 is 36.3 Å². The second-order valence-corrected chi connectivity index (χ2v) is 6.85. The molecule has 0 spiro atoms. The number of rotatable bonds is 4. The molecule has 0 heterocycles. The summed E-state index contributed by atoms with van der Waals surface area (Å²) < 4.78 is 73.4. The first-order valence-corrected chi connectivity index (χ1v) is 8.02. The van der Waals surface area contributed by atoms with Crippen LogP contribution in [-0.4, -0.2) is 24.0 Å². The fourth-order valence-electron chi connectivity index (χ4n) is 2.36. The maximum atomic E-state index is 14.0. The van der Waals surface area contributed by atoms with Gasteiger partial charge in [-0.3, -0.25) is 14.5 Å². The number of carbonyl (C=O) groups is 2. The monoisotopic (exact) mass is 401 g/mol. The molecular weight excluding hydrogens is 385 g/mol. The Morgan fingerprint density at radius 3 is 1.79 bits per heavy atom. The molecule has 0 saturated heterocycles. The van der Waals surface area contributed by atoms with Crippen LogP contribution in [0.5, 0.6) is 0 Å². The van der Waals surface area contributed by atoms with Gasteiger partial charge in [0.2, 0.25) is 0 Å². The molecule has 1 amide bonds. The van der Waals surface area contributed by atoms with E-state index in [0.29, 0.717) is 23.1 Å². The fourth-order valence-corrected chi connectivity index (χ4v) is 2.36. The summed E-state index contributed by atoms with van der Waals surface area (Å²) in [5.74, 6) is -8.93. The number of carbonyl (C=O) groups excluding carboxylic acids is 2. The molecule has 0 N–H and O–H groups in total. The molecule has 2 rings (SSSR count). The van der Waals surface area contributed by atoms with E-state index in [1.165, 1.54) is 20.8 Å². The standard InChI is InChI=1S/C19H16F5NO3/c1-19(2,3)28-16(26)9-25(13-5-10(20)4-11(21)6-13)18(27)17-14(23)7-12(22)8-15(17)24/h4-8H,9H2,1-3H3. The highest BCUT2D eigenvalue weighted by Gasteiger charge is 2.29. The van der Waals surface area contributed by atoms with Gasteiger partial charge in [-0.05, 0) is 32.9 Å². The highest BCUT2D eigenvalue weighted by molar-refractivity contribution is 6.08. The summed E-state index contributed by atoms with van der Waals surface area (Å²) in [4.78, 5) is 25.3. The minimum atomic E-state index is -1.53. The molecular formula is C19H16F5NO3. The Hall–Kier alpha value is -2.97. The Labute approximate surface area is 157 Å². The van der Waals surface area contributed by atoms with Gasteiger partial charge in [0.25, 0.3) is 5.91 Å². The third-order valence-electron chi connectivity index (χ3n) is 3.33. The van der Waals surface area contributed by atoms with Crippen molar-refractivity contribution in [2.24, 2.45) is 0 Å². The predicted molar refractivity (Wildman–Crippen MR) is 90.2 cm³/mol. The second-order valence-electron chi connectivity index (χ2n) is 6.85. The topological polar surface area (TPSA) is 46.6 Å². The molecule has 0 saturated carbocycles. The maximum absolute atomic E-state index is 14.0. The van der Waals surface area contributed by atoms with Crippen LogP contribution in [0.4, 0.5) is 27.6 Å². The lowest BCUT2D eigenvalue weighted by Gasteiger charge is -2.25. The van der Waals surface area contributed by atoms with Crippen LogP contribution >= 0.6 is 0 Å². The fraction of sp³-hybridized carbons (Fsp3) is 0.263. The Kier molecular flexibility index (Phi) is 6.06. The number of halogens is 5. The molecule has 0 aromatic heterocycles. The molecule has 2 aromatic rings. The zero-order valence-electron chi connectivity index (χ0n) is 15.2. The molecule has 0 aliphatic heterocycles. The summed E-state index contributed by atoms with van der Waals surface area (Å²) in [6.07, 6.45) is 0. The van der Waals surface area contributed by atoms with E-state index < -0.39 is 64.4 Å². The van der Waals surface area contributed by atoms with Gasteiger partial charge in [-0.25, -0.2) is 22.0 Å². The molecule has 28 heavy (non-hydrogen) atoms. The van der Waals surface area contributed by atoms with Gasteiger partial charge in [-0.15, -0.1) is 0 Å².